The Kier molecular flexibility index (Phi) is 3.89. The zero-order chi connectivity index (χ0) is 12.1. The van der Waals surface area contributed by atoms with Crippen LogP contribution in [0.2, 0.25) is 0 Å². The van der Waals surface area contributed by atoms with E-state index in [0.29, 0.717) is 5.92 Å². The van der Waals surface area contributed by atoms with E-state index in [1.165, 1.54) is 16.7 Å². The molecule has 0 aliphatic rings. The number of benzene rings is 1. The van der Waals surface area contributed by atoms with Gasteiger partial charge in [0.15, 0.2) is 0 Å². The minimum absolute atomic E-state index is 0.516. The molecule has 17 heavy (non-hydrogen) atoms. The van der Waals surface area contributed by atoms with Crippen LogP contribution in [0.3, 0.4) is 0 Å². The van der Waals surface area contributed by atoms with Crippen molar-refractivity contribution in [3.05, 3.63) is 54.4 Å². The molecule has 0 aliphatic heterocycles. The van der Waals surface area contributed by atoms with Gasteiger partial charge in [0.1, 0.15) is 0 Å². The highest BCUT2D eigenvalue weighted by Crippen LogP contribution is 2.24. The van der Waals surface area contributed by atoms with E-state index in [0.717, 1.165) is 13.0 Å². The third kappa shape index (κ3) is 2.92. The Morgan fingerprint density at radius 2 is 1.88 bits per heavy atom. The molecule has 1 atom stereocenters. The van der Waals surface area contributed by atoms with E-state index in [1.807, 2.05) is 24.5 Å². The second kappa shape index (κ2) is 5.60. The van der Waals surface area contributed by atoms with Crippen molar-refractivity contribution >= 4 is 0 Å². The van der Waals surface area contributed by atoms with E-state index in [9.17, 15) is 0 Å². The average Bonchev–Trinajstić information content (AvgIpc) is 2.40. The van der Waals surface area contributed by atoms with Crippen LogP contribution >= 0.6 is 0 Å². The van der Waals surface area contributed by atoms with Gasteiger partial charge in [0.2, 0.25) is 0 Å². The largest absolute Gasteiger partial charge is 0.330 e. The van der Waals surface area contributed by atoms with Gasteiger partial charge in [-0.1, -0.05) is 31.2 Å². The van der Waals surface area contributed by atoms with Gasteiger partial charge in [-0.25, -0.2) is 0 Å². The molecule has 2 N–H and O–H groups in total. The molecular weight excluding hydrogens is 208 g/mol. The van der Waals surface area contributed by atoms with Gasteiger partial charge < -0.3 is 5.73 Å². The summed E-state index contributed by atoms with van der Waals surface area (Å²) in [7, 11) is 0. The molecule has 2 nitrogen and oxygen atoms in total. The average molecular weight is 226 g/mol. The summed E-state index contributed by atoms with van der Waals surface area (Å²) in [6, 6.07) is 12.7. The van der Waals surface area contributed by atoms with Gasteiger partial charge in [-0.2, -0.15) is 0 Å². The van der Waals surface area contributed by atoms with Crippen LogP contribution in [0.1, 0.15) is 24.8 Å². The van der Waals surface area contributed by atoms with Crippen LogP contribution in [-0.2, 0) is 0 Å². The smallest absolute Gasteiger partial charge is 0.0273 e. The Labute approximate surface area is 103 Å². The fourth-order valence-corrected chi connectivity index (χ4v) is 1.99. The van der Waals surface area contributed by atoms with Crippen LogP contribution in [0.5, 0.6) is 0 Å². The van der Waals surface area contributed by atoms with Crippen LogP contribution in [-0.4, -0.2) is 11.5 Å². The minimum Gasteiger partial charge on any atom is -0.330 e. The van der Waals surface area contributed by atoms with Crippen LogP contribution in [0, 0.1) is 0 Å². The first-order valence-electron chi connectivity index (χ1n) is 6.01. The van der Waals surface area contributed by atoms with E-state index in [-0.39, 0.29) is 0 Å². The predicted molar refractivity (Wildman–Crippen MR) is 71.8 cm³/mol. The summed E-state index contributed by atoms with van der Waals surface area (Å²) >= 11 is 0. The quantitative estimate of drug-likeness (QED) is 0.869. The lowest BCUT2D eigenvalue weighted by Crippen LogP contribution is -2.04. The van der Waals surface area contributed by atoms with Crippen molar-refractivity contribution in [3.8, 4) is 11.1 Å². The van der Waals surface area contributed by atoms with Crippen molar-refractivity contribution in [1.29, 1.82) is 0 Å². The molecule has 0 radical (unpaired) electrons. The maximum Gasteiger partial charge on any atom is 0.0273 e. The fraction of sp³-hybridized carbons (Fsp3) is 0.267. The lowest BCUT2D eigenvalue weighted by molar-refractivity contribution is 0.690. The zero-order valence-electron chi connectivity index (χ0n) is 10.1. The maximum absolute atomic E-state index is 5.61. The topological polar surface area (TPSA) is 38.9 Å². The highest BCUT2D eigenvalue weighted by Gasteiger charge is 2.05. The number of nitrogens with two attached hydrogens (primary N) is 1. The molecule has 1 unspecified atom stereocenters. The third-order valence-corrected chi connectivity index (χ3v) is 3.07. The van der Waals surface area contributed by atoms with Crippen LogP contribution in [0.15, 0.2) is 48.8 Å². The molecule has 0 spiro atoms. The van der Waals surface area contributed by atoms with Gasteiger partial charge in [0, 0.05) is 12.4 Å². The molecule has 88 valence electrons. The molecule has 2 aromatic rings. The summed E-state index contributed by atoms with van der Waals surface area (Å²) in [4.78, 5) is 4.04. The lowest BCUT2D eigenvalue weighted by Gasteiger charge is -2.12. The molecule has 0 aliphatic carbocycles. The first kappa shape index (κ1) is 11.8. The number of pyridine rings is 1. The SMILES string of the molecule is CC(CCN)c1cccc(-c2ccncc2)c1. The highest BCUT2D eigenvalue weighted by atomic mass is 14.6. The first-order chi connectivity index (χ1) is 8.31. The Morgan fingerprint density at radius 1 is 1.12 bits per heavy atom. The Hall–Kier alpha value is -1.67. The number of nitrogens with zero attached hydrogens (tertiary/aromatic N) is 1. The Bertz CT molecular complexity index is 465. The summed E-state index contributed by atoms with van der Waals surface area (Å²) in [5.41, 5.74) is 9.41. The third-order valence-electron chi connectivity index (χ3n) is 3.07. The van der Waals surface area contributed by atoms with Crippen LogP contribution in [0.4, 0.5) is 0 Å². The highest BCUT2D eigenvalue weighted by molar-refractivity contribution is 5.63. The summed E-state index contributed by atoms with van der Waals surface area (Å²) in [5.74, 6) is 0.516. The molecule has 0 saturated carbocycles. The zero-order valence-corrected chi connectivity index (χ0v) is 10.1. The number of rotatable bonds is 4. The van der Waals surface area contributed by atoms with E-state index in [1.54, 1.807) is 0 Å². The minimum atomic E-state index is 0.516. The summed E-state index contributed by atoms with van der Waals surface area (Å²) < 4.78 is 0. The first-order valence-corrected chi connectivity index (χ1v) is 6.01. The van der Waals surface area contributed by atoms with E-state index < -0.39 is 0 Å². The second-order valence-electron chi connectivity index (χ2n) is 4.34. The molecule has 1 aromatic carbocycles. The molecule has 0 saturated heterocycles. The number of aromatic nitrogens is 1. The van der Waals surface area contributed by atoms with Crippen LogP contribution < -0.4 is 5.73 Å². The van der Waals surface area contributed by atoms with Crippen molar-refractivity contribution in [2.24, 2.45) is 5.73 Å². The molecular formula is C15H18N2. The van der Waals surface area contributed by atoms with Gasteiger partial charge in [0.05, 0.1) is 0 Å². The Balaban J connectivity index is 2.29. The molecule has 2 rings (SSSR count). The standard InChI is InChI=1S/C15H18N2/c1-12(5-8-16)14-3-2-4-15(11-14)13-6-9-17-10-7-13/h2-4,6-7,9-12H,5,8,16H2,1H3. The van der Waals surface area contributed by atoms with Gasteiger partial charge in [-0.3, -0.25) is 4.98 Å². The van der Waals surface area contributed by atoms with Crippen molar-refractivity contribution in [1.82, 2.24) is 4.98 Å². The van der Waals surface area contributed by atoms with Crippen molar-refractivity contribution < 1.29 is 0 Å². The predicted octanol–water partition coefficient (Wildman–Crippen LogP) is 3.20. The van der Waals surface area contributed by atoms with Crippen LogP contribution in [0.25, 0.3) is 11.1 Å². The van der Waals surface area contributed by atoms with E-state index >= 15 is 0 Å². The summed E-state index contributed by atoms with van der Waals surface area (Å²) in [5, 5.41) is 0. The van der Waals surface area contributed by atoms with E-state index in [2.05, 4.69) is 36.2 Å². The molecule has 1 heterocycles. The summed E-state index contributed by atoms with van der Waals surface area (Å²) in [6.45, 7) is 2.96. The van der Waals surface area contributed by atoms with Gasteiger partial charge in [0.25, 0.3) is 0 Å². The molecule has 1 aromatic heterocycles. The van der Waals surface area contributed by atoms with Gasteiger partial charge in [-0.15, -0.1) is 0 Å². The lowest BCUT2D eigenvalue weighted by atomic mass is 9.94. The molecule has 2 heteroatoms. The van der Waals surface area contributed by atoms with Gasteiger partial charge in [-0.05, 0) is 47.7 Å². The summed E-state index contributed by atoms with van der Waals surface area (Å²) in [6.07, 6.45) is 4.68. The monoisotopic (exact) mass is 226 g/mol. The second-order valence-corrected chi connectivity index (χ2v) is 4.34. The van der Waals surface area contributed by atoms with Crippen molar-refractivity contribution in [3.63, 3.8) is 0 Å². The number of hydrogen-bond donors (Lipinski definition) is 1. The van der Waals surface area contributed by atoms with Crippen molar-refractivity contribution in [2.45, 2.75) is 19.3 Å². The maximum atomic E-state index is 5.61. The molecule has 0 bridgehead atoms. The normalized spacial score (nSPS) is 12.4. The van der Waals surface area contributed by atoms with Gasteiger partial charge >= 0.3 is 0 Å². The fourth-order valence-electron chi connectivity index (χ4n) is 1.99. The molecule has 0 fully saturated rings. The Morgan fingerprint density at radius 3 is 2.59 bits per heavy atom. The van der Waals surface area contributed by atoms with E-state index in [4.69, 9.17) is 5.73 Å². The molecule has 0 amide bonds. The van der Waals surface area contributed by atoms with Crippen molar-refractivity contribution in [2.75, 3.05) is 6.54 Å². The number of hydrogen-bond acceptors (Lipinski definition) is 2.